The van der Waals surface area contributed by atoms with Gasteiger partial charge in [-0.2, -0.15) is 5.10 Å². The predicted molar refractivity (Wildman–Crippen MR) is 172 cm³/mol. The number of methoxy groups -OCH3 is 1. The zero-order valence-corrected chi connectivity index (χ0v) is 25.9. The molecule has 234 valence electrons. The van der Waals surface area contributed by atoms with Gasteiger partial charge >= 0.3 is 11.9 Å². The Kier molecular flexibility index (Phi) is 7.95. The van der Waals surface area contributed by atoms with E-state index in [9.17, 15) is 14.7 Å². The summed E-state index contributed by atoms with van der Waals surface area (Å²) < 4.78 is 21.1. The van der Waals surface area contributed by atoms with Crippen LogP contribution in [0.15, 0.2) is 42.6 Å². The highest BCUT2D eigenvalue weighted by Gasteiger charge is 2.33. The average Bonchev–Trinajstić information content (AvgIpc) is 3.60. The zero-order chi connectivity index (χ0) is 31.1. The number of carboxylic acids is 1. The number of ether oxygens (including phenoxy) is 3. The third-order valence-corrected chi connectivity index (χ3v) is 9.67. The molecule has 0 spiro atoms. The van der Waals surface area contributed by atoms with Crippen LogP contribution in [0.1, 0.15) is 101 Å². The molecule has 0 unspecified atom stereocenters. The van der Waals surface area contributed by atoms with Gasteiger partial charge in [0.2, 0.25) is 0 Å². The number of hydrogen-bond donors (Lipinski definition) is 1. The second-order valence-corrected chi connectivity index (χ2v) is 12.3. The van der Waals surface area contributed by atoms with E-state index in [4.69, 9.17) is 19.3 Å². The van der Waals surface area contributed by atoms with Crippen LogP contribution in [0, 0.1) is 0 Å². The molecule has 2 aromatic carbocycles. The van der Waals surface area contributed by atoms with Gasteiger partial charge in [0, 0.05) is 29.7 Å². The fourth-order valence-corrected chi connectivity index (χ4v) is 7.57. The smallest absolute Gasteiger partial charge is 0.341 e. The summed E-state index contributed by atoms with van der Waals surface area (Å²) in [4.78, 5) is 25.6. The average molecular weight is 610 g/mol. The van der Waals surface area contributed by atoms with Crippen molar-refractivity contribution >= 4 is 34.5 Å². The van der Waals surface area contributed by atoms with Crippen molar-refractivity contribution in [2.45, 2.75) is 70.4 Å². The fourth-order valence-electron chi connectivity index (χ4n) is 7.57. The largest absolute Gasteiger partial charge is 0.497 e. The Morgan fingerprint density at radius 1 is 1.02 bits per heavy atom. The van der Waals surface area contributed by atoms with E-state index in [1.165, 1.54) is 24.8 Å². The molecule has 9 nitrogen and oxygen atoms in total. The lowest BCUT2D eigenvalue weighted by Gasteiger charge is -2.25. The molecule has 4 aromatic rings. The molecule has 1 saturated carbocycles. The SMILES string of the molecule is CCOC(=O)c1cnn(C2CCOCC2)c1C1=Cc2cc(OC)ccc2-c2c(C3CCCCC3)c3ccc(C(=O)O)cc3n2C1. The first-order valence-electron chi connectivity index (χ1n) is 16.1. The van der Waals surface area contributed by atoms with E-state index in [-0.39, 0.29) is 18.2 Å². The van der Waals surface area contributed by atoms with Gasteiger partial charge < -0.3 is 23.9 Å². The van der Waals surface area contributed by atoms with E-state index < -0.39 is 11.9 Å². The number of aromatic carboxylic acids is 1. The van der Waals surface area contributed by atoms with Gasteiger partial charge in [-0.3, -0.25) is 4.68 Å². The van der Waals surface area contributed by atoms with Gasteiger partial charge in [0.05, 0.1) is 49.5 Å². The first kappa shape index (κ1) is 29.3. The van der Waals surface area contributed by atoms with Crippen molar-refractivity contribution in [2.24, 2.45) is 0 Å². The van der Waals surface area contributed by atoms with E-state index >= 15 is 0 Å². The van der Waals surface area contributed by atoms with Crippen molar-refractivity contribution < 1.29 is 28.9 Å². The Bertz CT molecular complexity index is 1800. The lowest BCUT2D eigenvalue weighted by molar-refractivity contribution is 0.0524. The van der Waals surface area contributed by atoms with Crippen molar-refractivity contribution in [3.05, 3.63) is 70.5 Å². The minimum absolute atomic E-state index is 0.0724. The minimum atomic E-state index is -0.955. The Balaban J connectivity index is 1.52. The molecule has 45 heavy (non-hydrogen) atoms. The van der Waals surface area contributed by atoms with Gasteiger partial charge in [-0.15, -0.1) is 0 Å². The number of hydrogen-bond acceptors (Lipinski definition) is 6. The highest BCUT2D eigenvalue weighted by Crippen LogP contribution is 2.48. The molecular formula is C36H39N3O6. The Labute approximate surface area is 262 Å². The minimum Gasteiger partial charge on any atom is -0.497 e. The van der Waals surface area contributed by atoms with Crippen LogP contribution in [-0.2, 0) is 16.0 Å². The van der Waals surface area contributed by atoms with E-state index in [1.54, 1.807) is 26.3 Å². The van der Waals surface area contributed by atoms with Gasteiger partial charge in [0.15, 0.2) is 0 Å². The Morgan fingerprint density at radius 3 is 2.56 bits per heavy atom. The van der Waals surface area contributed by atoms with Crippen molar-refractivity contribution in [2.75, 3.05) is 26.9 Å². The lowest BCUT2D eigenvalue weighted by Crippen LogP contribution is -2.23. The molecule has 0 radical (unpaired) electrons. The summed E-state index contributed by atoms with van der Waals surface area (Å²) in [7, 11) is 1.67. The molecule has 1 saturated heterocycles. The first-order chi connectivity index (χ1) is 22.0. The molecule has 0 atom stereocenters. The van der Waals surface area contributed by atoms with Crippen molar-refractivity contribution in [3.8, 4) is 17.0 Å². The summed E-state index contributed by atoms with van der Waals surface area (Å²) in [5.74, 6) is -0.253. The molecule has 0 amide bonds. The van der Waals surface area contributed by atoms with Gasteiger partial charge in [0.25, 0.3) is 0 Å². The highest BCUT2D eigenvalue weighted by atomic mass is 16.5. The zero-order valence-electron chi connectivity index (χ0n) is 25.9. The third kappa shape index (κ3) is 5.23. The molecule has 1 aliphatic carbocycles. The number of carbonyl (C=O) groups is 2. The highest BCUT2D eigenvalue weighted by molar-refractivity contribution is 6.03. The number of benzene rings is 2. The third-order valence-electron chi connectivity index (χ3n) is 9.67. The second-order valence-electron chi connectivity index (χ2n) is 12.3. The molecule has 3 aliphatic rings. The van der Waals surface area contributed by atoms with Crippen LogP contribution in [-0.4, -0.2) is 58.3 Å². The molecule has 4 heterocycles. The molecule has 2 aromatic heterocycles. The summed E-state index contributed by atoms with van der Waals surface area (Å²) in [5.41, 5.74) is 7.64. The number of carbonyl (C=O) groups excluding carboxylic acids is 1. The Hall–Kier alpha value is -4.37. The molecular weight excluding hydrogens is 570 g/mol. The quantitative estimate of drug-likeness (QED) is 0.219. The predicted octanol–water partition coefficient (Wildman–Crippen LogP) is 7.34. The second kappa shape index (κ2) is 12.2. The van der Waals surface area contributed by atoms with E-state index in [0.29, 0.717) is 31.2 Å². The van der Waals surface area contributed by atoms with Crippen LogP contribution in [0.25, 0.3) is 33.8 Å². The van der Waals surface area contributed by atoms with Gasteiger partial charge in [-0.1, -0.05) is 25.3 Å². The normalized spacial score (nSPS) is 17.3. The van der Waals surface area contributed by atoms with Crippen LogP contribution in [0.2, 0.25) is 0 Å². The summed E-state index contributed by atoms with van der Waals surface area (Å²) in [6.45, 7) is 3.76. The number of aromatic nitrogens is 3. The van der Waals surface area contributed by atoms with E-state index in [2.05, 4.69) is 22.8 Å². The van der Waals surface area contributed by atoms with Crippen LogP contribution in [0.3, 0.4) is 0 Å². The number of carboxylic acid groups (broad SMARTS) is 1. The van der Waals surface area contributed by atoms with Gasteiger partial charge in [0.1, 0.15) is 11.3 Å². The van der Waals surface area contributed by atoms with Crippen molar-refractivity contribution in [1.82, 2.24) is 14.3 Å². The number of nitrogens with zero attached hydrogens (tertiary/aromatic N) is 3. The number of rotatable bonds is 7. The van der Waals surface area contributed by atoms with Gasteiger partial charge in [-0.25, -0.2) is 9.59 Å². The Morgan fingerprint density at radius 2 is 1.82 bits per heavy atom. The number of esters is 1. The fraction of sp³-hybridized carbons (Fsp3) is 0.417. The van der Waals surface area contributed by atoms with Crippen molar-refractivity contribution in [1.29, 1.82) is 0 Å². The lowest BCUT2D eigenvalue weighted by atomic mass is 9.81. The van der Waals surface area contributed by atoms with Crippen LogP contribution in [0.5, 0.6) is 5.75 Å². The summed E-state index contributed by atoms with van der Waals surface area (Å²) in [6, 6.07) is 11.8. The standard InChI is InChI=1S/C36H39N3O6/c1-3-45-36(42)30-20-37-39(26-13-15-44-16-14-26)33(30)25-17-24-18-27(43-2)10-12-28(24)34-32(22-7-5-4-6-8-22)29-11-9-23(35(40)41)19-31(29)38(34)21-25/h9-12,17-20,22,26H,3-8,13-16,21H2,1-2H3,(H,40,41). The topological polar surface area (TPSA) is 105 Å². The maximum absolute atomic E-state index is 13.4. The molecule has 7 rings (SSSR count). The summed E-state index contributed by atoms with van der Waals surface area (Å²) in [6.07, 6.45) is 11.2. The van der Waals surface area contributed by atoms with Gasteiger partial charge in [-0.05, 0) is 91.6 Å². The van der Waals surface area contributed by atoms with Crippen LogP contribution >= 0.6 is 0 Å². The molecule has 2 aliphatic heterocycles. The van der Waals surface area contributed by atoms with E-state index in [1.807, 2.05) is 22.9 Å². The monoisotopic (exact) mass is 609 g/mol. The summed E-state index contributed by atoms with van der Waals surface area (Å²) in [5, 5.41) is 15.9. The number of allylic oxidation sites excluding steroid dienone is 1. The maximum atomic E-state index is 13.4. The number of fused-ring (bicyclic) bond motifs is 5. The first-order valence-corrected chi connectivity index (χ1v) is 16.1. The molecule has 1 N–H and O–H groups in total. The molecule has 0 bridgehead atoms. The van der Waals surface area contributed by atoms with Crippen LogP contribution < -0.4 is 4.74 Å². The summed E-state index contributed by atoms with van der Waals surface area (Å²) >= 11 is 0. The molecule has 9 heteroatoms. The maximum Gasteiger partial charge on any atom is 0.341 e. The van der Waals surface area contributed by atoms with Crippen molar-refractivity contribution in [3.63, 3.8) is 0 Å². The van der Waals surface area contributed by atoms with E-state index in [0.717, 1.165) is 70.4 Å². The van der Waals surface area contributed by atoms with Crippen LogP contribution in [0.4, 0.5) is 0 Å². The molecule has 2 fully saturated rings.